The summed E-state index contributed by atoms with van der Waals surface area (Å²) in [5, 5.41) is 23.5. The molecule has 1 amide bonds. The van der Waals surface area contributed by atoms with Crippen molar-refractivity contribution in [2.75, 3.05) is 13.2 Å². The van der Waals surface area contributed by atoms with Gasteiger partial charge in [-0.15, -0.1) is 0 Å². The van der Waals surface area contributed by atoms with Gasteiger partial charge in [-0.1, -0.05) is 353 Å². The van der Waals surface area contributed by atoms with Gasteiger partial charge in [-0.3, -0.25) is 9.59 Å². The van der Waals surface area contributed by atoms with Crippen molar-refractivity contribution >= 4 is 11.9 Å². The van der Waals surface area contributed by atoms with Crippen LogP contribution in [0.5, 0.6) is 0 Å². The van der Waals surface area contributed by atoms with Crippen molar-refractivity contribution < 1.29 is 24.5 Å². The van der Waals surface area contributed by atoms with Crippen molar-refractivity contribution in [3.63, 3.8) is 0 Å². The lowest BCUT2D eigenvalue weighted by molar-refractivity contribution is -0.143. The summed E-state index contributed by atoms with van der Waals surface area (Å²) < 4.78 is 5.47. The van der Waals surface area contributed by atoms with E-state index in [9.17, 15) is 19.8 Å². The molecule has 0 aromatic carbocycles. The van der Waals surface area contributed by atoms with Crippen LogP contribution in [0, 0.1) is 0 Å². The fourth-order valence-electron chi connectivity index (χ4n) is 11.6. The third-order valence-corrected chi connectivity index (χ3v) is 17.2. The predicted octanol–water partition coefficient (Wildman–Crippen LogP) is 23.7. The molecule has 0 saturated carbocycles. The van der Waals surface area contributed by atoms with Gasteiger partial charge in [0.1, 0.15) is 0 Å². The van der Waals surface area contributed by atoms with E-state index in [4.69, 9.17) is 4.74 Å². The normalized spacial score (nSPS) is 12.6. The molecule has 0 aliphatic carbocycles. The zero-order chi connectivity index (χ0) is 57.8. The van der Waals surface area contributed by atoms with Gasteiger partial charge in [0, 0.05) is 12.8 Å². The van der Waals surface area contributed by atoms with E-state index in [2.05, 4.69) is 43.5 Å². The van der Waals surface area contributed by atoms with Crippen molar-refractivity contribution in [2.45, 2.75) is 424 Å². The van der Waals surface area contributed by atoms with E-state index in [1.54, 1.807) is 0 Å². The molecular weight excluding hydrogens is 983 g/mol. The average molecular weight is 1130 g/mol. The Balaban J connectivity index is 3.39. The van der Waals surface area contributed by atoms with Gasteiger partial charge in [0.15, 0.2) is 0 Å². The summed E-state index contributed by atoms with van der Waals surface area (Å²) in [5.41, 5.74) is 0. The summed E-state index contributed by atoms with van der Waals surface area (Å²) in [6.45, 7) is 4.95. The lowest BCUT2D eigenvalue weighted by atomic mass is 10.0. The van der Waals surface area contributed by atoms with Crippen molar-refractivity contribution in [1.29, 1.82) is 0 Å². The second kappa shape index (κ2) is 69.8. The lowest BCUT2D eigenvalue weighted by Crippen LogP contribution is -2.45. The van der Waals surface area contributed by atoms with Gasteiger partial charge in [-0.05, 0) is 70.6 Å². The van der Waals surface area contributed by atoms with Crippen LogP contribution in [0.2, 0.25) is 0 Å². The highest BCUT2D eigenvalue weighted by Gasteiger charge is 2.20. The minimum Gasteiger partial charge on any atom is -0.466 e. The van der Waals surface area contributed by atoms with Crippen LogP contribution in [-0.4, -0.2) is 47.4 Å². The van der Waals surface area contributed by atoms with Gasteiger partial charge >= 0.3 is 5.97 Å². The van der Waals surface area contributed by atoms with Crippen LogP contribution in [0.25, 0.3) is 0 Å². The summed E-state index contributed by atoms with van der Waals surface area (Å²) in [4.78, 5) is 24.6. The first-order chi connectivity index (χ1) is 39.5. The third kappa shape index (κ3) is 65.5. The molecule has 6 nitrogen and oxygen atoms in total. The maximum atomic E-state index is 12.6. The molecule has 0 aliphatic heterocycles. The molecule has 0 radical (unpaired) electrons. The largest absolute Gasteiger partial charge is 0.466 e. The van der Waals surface area contributed by atoms with Crippen molar-refractivity contribution in [2.24, 2.45) is 0 Å². The molecule has 474 valence electrons. The van der Waals surface area contributed by atoms with Crippen LogP contribution in [0.1, 0.15) is 412 Å². The third-order valence-electron chi connectivity index (χ3n) is 17.2. The number of carbonyl (C=O) groups is 2. The molecule has 0 saturated heterocycles. The molecule has 0 bridgehead atoms. The average Bonchev–Trinajstić information content (AvgIpc) is 3.46. The highest BCUT2D eigenvalue weighted by Crippen LogP contribution is 2.19. The highest BCUT2D eigenvalue weighted by molar-refractivity contribution is 5.76. The van der Waals surface area contributed by atoms with Crippen LogP contribution < -0.4 is 5.32 Å². The molecule has 0 fully saturated rings. The molecule has 3 N–H and O–H groups in total. The predicted molar refractivity (Wildman–Crippen MR) is 352 cm³/mol. The van der Waals surface area contributed by atoms with Crippen LogP contribution in [-0.2, 0) is 14.3 Å². The molecule has 0 spiro atoms. The van der Waals surface area contributed by atoms with E-state index >= 15 is 0 Å². The Bertz CT molecular complexity index is 1250. The van der Waals surface area contributed by atoms with E-state index < -0.39 is 12.1 Å². The van der Waals surface area contributed by atoms with E-state index in [-0.39, 0.29) is 18.5 Å². The summed E-state index contributed by atoms with van der Waals surface area (Å²) in [6.07, 6.45) is 88.1. The Hall–Kier alpha value is -1.66. The number of unbranched alkanes of at least 4 members (excludes halogenated alkanes) is 54. The minimum atomic E-state index is -0.666. The first kappa shape index (κ1) is 78.3. The fraction of sp³-hybridized carbons (Fsp3) is 0.919. The number of allylic oxidation sites excluding steroid dienone is 4. The molecule has 0 aliphatic rings. The molecule has 0 aromatic heterocycles. The van der Waals surface area contributed by atoms with Crippen LogP contribution in [0.3, 0.4) is 0 Å². The smallest absolute Gasteiger partial charge is 0.305 e. The minimum absolute atomic E-state index is 0.00478. The Kier molecular flexibility index (Phi) is 68.4. The van der Waals surface area contributed by atoms with E-state index in [0.29, 0.717) is 25.9 Å². The number of rotatable bonds is 69. The van der Waals surface area contributed by atoms with Gasteiger partial charge < -0.3 is 20.3 Å². The Labute approximate surface area is 501 Å². The van der Waals surface area contributed by atoms with Gasteiger partial charge in [0.05, 0.1) is 25.4 Å². The number of hydrogen-bond donors (Lipinski definition) is 3. The number of nitrogens with one attached hydrogen (secondary N) is 1. The second-order valence-corrected chi connectivity index (χ2v) is 25.3. The Morgan fingerprint density at radius 1 is 0.338 bits per heavy atom. The van der Waals surface area contributed by atoms with E-state index in [1.165, 1.54) is 334 Å². The first-order valence-electron chi connectivity index (χ1n) is 36.6. The number of carbonyl (C=O) groups excluding carboxylic acids is 2. The number of amides is 1. The van der Waals surface area contributed by atoms with Crippen molar-refractivity contribution in [3.8, 4) is 0 Å². The summed E-state index contributed by atoms with van der Waals surface area (Å²) in [5.74, 6) is -0.0259. The Morgan fingerprint density at radius 3 is 0.925 bits per heavy atom. The number of aliphatic hydroxyl groups is 2. The topological polar surface area (TPSA) is 95.9 Å². The summed E-state index contributed by atoms with van der Waals surface area (Å²) >= 11 is 0. The lowest BCUT2D eigenvalue weighted by Gasteiger charge is -2.22. The highest BCUT2D eigenvalue weighted by atomic mass is 16.5. The number of ether oxygens (including phenoxy) is 1. The van der Waals surface area contributed by atoms with Gasteiger partial charge in [-0.25, -0.2) is 0 Å². The SMILES string of the molecule is CCCC/C=C\CCCCCCCC(=O)OCCCCCCCCCCCCCC/C=C\CCCCCCCCCCCCCC(=O)NC(CO)C(O)CCCCCCCCCCCCCCCCCCCCCCCCCCC. The quantitative estimate of drug-likeness (QED) is 0.0320. The number of hydrogen-bond acceptors (Lipinski definition) is 5. The van der Waals surface area contributed by atoms with Crippen molar-refractivity contribution in [3.05, 3.63) is 24.3 Å². The summed E-state index contributed by atoms with van der Waals surface area (Å²) in [6, 6.07) is -0.543. The van der Waals surface area contributed by atoms with Crippen LogP contribution >= 0.6 is 0 Å². The van der Waals surface area contributed by atoms with Gasteiger partial charge in [0.25, 0.3) is 0 Å². The maximum Gasteiger partial charge on any atom is 0.305 e. The summed E-state index contributed by atoms with van der Waals surface area (Å²) in [7, 11) is 0. The first-order valence-corrected chi connectivity index (χ1v) is 36.6. The Morgan fingerprint density at radius 2 is 0.600 bits per heavy atom. The van der Waals surface area contributed by atoms with Gasteiger partial charge in [-0.2, -0.15) is 0 Å². The maximum absolute atomic E-state index is 12.6. The number of aliphatic hydroxyl groups excluding tert-OH is 2. The standard InChI is InChI=1S/C74H143NO5/c1-3-5-7-9-11-13-15-16-17-18-19-20-21-25-28-31-34-37-40-43-47-50-54-58-62-66-72(77)71(70-76)75-73(78)67-63-59-55-51-48-44-41-38-35-32-29-26-23-22-24-27-30-33-36-39-42-45-49-53-57-61-65-69-80-74(79)68-64-60-56-52-46-14-12-10-8-6-4-2/h10,12,22-23,71-72,76-77H,3-9,11,13-21,24-70H2,1-2H3,(H,75,78)/b12-10-,23-22-. The van der Waals surface area contributed by atoms with Crippen molar-refractivity contribution in [1.82, 2.24) is 5.32 Å². The molecule has 2 unspecified atom stereocenters. The molecule has 6 heteroatoms. The van der Waals surface area contributed by atoms with Crippen LogP contribution in [0.15, 0.2) is 24.3 Å². The zero-order valence-corrected chi connectivity index (χ0v) is 54.3. The molecule has 0 rings (SSSR count). The molecule has 80 heavy (non-hydrogen) atoms. The monoisotopic (exact) mass is 1130 g/mol. The number of esters is 1. The van der Waals surface area contributed by atoms with Crippen LogP contribution in [0.4, 0.5) is 0 Å². The van der Waals surface area contributed by atoms with E-state index in [0.717, 1.165) is 44.9 Å². The second-order valence-electron chi connectivity index (χ2n) is 25.3. The molecule has 2 atom stereocenters. The zero-order valence-electron chi connectivity index (χ0n) is 54.3. The fourth-order valence-corrected chi connectivity index (χ4v) is 11.6. The molecule has 0 aromatic rings. The molecule has 0 heterocycles. The van der Waals surface area contributed by atoms with Gasteiger partial charge in [0.2, 0.25) is 5.91 Å². The van der Waals surface area contributed by atoms with E-state index in [1.807, 2.05) is 0 Å². The molecular formula is C74H143NO5.